The first-order valence-electron chi connectivity index (χ1n) is 6.56. The van der Waals surface area contributed by atoms with Gasteiger partial charge in [-0.1, -0.05) is 6.07 Å². The molecule has 0 atom stereocenters. The molecule has 0 aliphatic carbocycles. The molecular formula is C16H18FNO2. The molecule has 0 amide bonds. The number of benzene rings is 2. The summed E-state index contributed by atoms with van der Waals surface area (Å²) in [5.74, 6) is 1.18. The molecule has 2 rings (SSSR count). The first kappa shape index (κ1) is 14.3. The van der Waals surface area contributed by atoms with E-state index in [9.17, 15) is 4.39 Å². The van der Waals surface area contributed by atoms with Crippen LogP contribution < -0.4 is 15.2 Å². The molecule has 2 N–H and O–H groups in total. The molecule has 0 fully saturated rings. The zero-order valence-corrected chi connectivity index (χ0v) is 11.4. The minimum atomic E-state index is -0.284. The Hall–Kier alpha value is -2.07. The summed E-state index contributed by atoms with van der Waals surface area (Å²) in [6.45, 7) is 3.11. The topological polar surface area (TPSA) is 44.5 Å². The Balaban J connectivity index is 2.01. The van der Waals surface area contributed by atoms with E-state index in [0.29, 0.717) is 24.5 Å². The van der Waals surface area contributed by atoms with Gasteiger partial charge < -0.3 is 15.2 Å². The molecule has 4 heteroatoms. The van der Waals surface area contributed by atoms with Crippen LogP contribution in [-0.2, 0) is 13.2 Å². The molecule has 0 bridgehead atoms. The van der Waals surface area contributed by atoms with Crippen LogP contribution in [0.5, 0.6) is 11.5 Å². The van der Waals surface area contributed by atoms with Crippen molar-refractivity contribution in [1.82, 2.24) is 0 Å². The molecule has 0 aromatic heterocycles. The van der Waals surface area contributed by atoms with Gasteiger partial charge in [-0.15, -0.1) is 0 Å². The second kappa shape index (κ2) is 6.91. The zero-order valence-electron chi connectivity index (χ0n) is 11.4. The average Bonchev–Trinajstić information content (AvgIpc) is 2.48. The molecule has 20 heavy (non-hydrogen) atoms. The first-order valence-corrected chi connectivity index (χ1v) is 6.56. The molecule has 0 radical (unpaired) electrons. The number of ether oxygens (including phenoxy) is 2. The van der Waals surface area contributed by atoms with Gasteiger partial charge in [0, 0.05) is 12.1 Å². The number of hydrogen-bond acceptors (Lipinski definition) is 3. The third kappa shape index (κ3) is 3.71. The molecule has 2 aromatic rings. The normalized spacial score (nSPS) is 10.3. The van der Waals surface area contributed by atoms with Gasteiger partial charge in [-0.2, -0.15) is 0 Å². The van der Waals surface area contributed by atoms with Gasteiger partial charge in [-0.25, -0.2) is 4.39 Å². The van der Waals surface area contributed by atoms with Crippen LogP contribution in [0.2, 0.25) is 0 Å². The highest BCUT2D eigenvalue weighted by molar-refractivity contribution is 5.32. The smallest absolute Gasteiger partial charge is 0.129 e. The summed E-state index contributed by atoms with van der Waals surface area (Å²) in [5.41, 5.74) is 6.93. The van der Waals surface area contributed by atoms with Crippen LogP contribution in [0.1, 0.15) is 18.1 Å². The fourth-order valence-electron chi connectivity index (χ4n) is 1.83. The van der Waals surface area contributed by atoms with E-state index in [-0.39, 0.29) is 12.4 Å². The van der Waals surface area contributed by atoms with Gasteiger partial charge >= 0.3 is 0 Å². The monoisotopic (exact) mass is 275 g/mol. The third-order valence-corrected chi connectivity index (χ3v) is 2.87. The van der Waals surface area contributed by atoms with Crippen LogP contribution in [0.15, 0.2) is 42.5 Å². The molecule has 0 saturated heterocycles. The van der Waals surface area contributed by atoms with Crippen LogP contribution in [0.25, 0.3) is 0 Å². The van der Waals surface area contributed by atoms with Crippen LogP contribution in [0.4, 0.5) is 4.39 Å². The quantitative estimate of drug-likeness (QED) is 0.880. The summed E-state index contributed by atoms with van der Waals surface area (Å²) in [7, 11) is 0. The van der Waals surface area contributed by atoms with Gasteiger partial charge in [0.05, 0.1) is 6.61 Å². The Labute approximate surface area is 118 Å². The number of hydrogen-bond donors (Lipinski definition) is 1. The lowest BCUT2D eigenvalue weighted by Crippen LogP contribution is -2.02. The molecule has 3 nitrogen and oxygen atoms in total. The van der Waals surface area contributed by atoms with E-state index in [0.717, 1.165) is 11.3 Å². The van der Waals surface area contributed by atoms with Crippen molar-refractivity contribution in [2.45, 2.75) is 20.1 Å². The van der Waals surface area contributed by atoms with Crippen molar-refractivity contribution in [3.63, 3.8) is 0 Å². The maximum Gasteiger partial charge on any atom is 0.129 e. The third-order valence-electron chi connectivity index (χ3n) is 2.87. The van der Waals surface area contributed by atoms with Gasteiger partial charge in [0.1, 0.15) is 23.9 Å². The highest BCUT2D eigenvalue weighted by atomic mass is 19.1. The molecule has 0 aliphatic heterocycles. The second-order valence-electron chi connectivity index (χ2n) is 4.32. The van der Waals surface area contributed by atoms with Crippen molar-refractivity contribution in [3.05, 3.63) is 59.4 Å². The second-order valence-corrected chi connectivity index (χ2v) is 4.32. The summed E-state index contributed by atoms with van der Waals surface area (Å²) < 4.78 is 24.5. The van der Waals surface area contributed by atoms with Crippen molar-refractivity contribution in [2.24, 2.45) is 5.73 Å². The van der Waals surface area contributed by atoms with Gasteiger partial charge in [-0.05, 0) is 48.9 Å². The van der Waals surface area contributed by atoms with Crippen LogP contribution in [-0.4, -0.2) is 6.61 Å². The Morgan fingerprint density at radius 1 is 1.00 bits per heavy atom. The predicted molar refractivity (Wildman–Crippen MR) is 76.2 cm³/mol. The lowest BCUT2D eigenvalue weighted by Gasteiger charge is -2.09. The highest BCUT2D eigenvalue weighted by Gasteiger charge is 2.04. The van der Waals surface area contributed by atoms with E-state index >= 15 is 0 Å². The van der Waals surface area contributed by atoms with E-state index < -0.39 is 0 Å². The van der Waals surface area contributed by atoms with Crippen molar-refractivity contribution >= 4 is 0 Å². The maximum atomic E-state index is 13.6. The minimum Gasteiger partial charge on any atom is -0.494 e. The molecule has 0 aliphatic rings. The number of halogens is 1. The van der Waals surface area contributed by atoms with Gasteiger partial charge in [-0.3, -0.25) is 0 Å². The van der Waals surface area contributed by atoms with E-state index in [1.54, 1.807) is 24.3 Å². The largest absolute Gasteiger partial charge is 0.494 e. The summed E-state index contributed by atoms with van der Waals surface area (Å²) in [4.78, 5) is 0. The predicted octanol–water partition coefficient (Wildman–Crippen LogP) is 3.26. The molecular weight excluding hydrogens is 257 g/mol. The van der Waals surface area contributed by atoms with Crippen LogP contribution >= 0.6 is 0 Å². The Morgan fingerprint density at radius 3 is 2.25 bits per heavy atom. The first-order chi connectivity index (χ1) is 9.72. The SMILES string of the molecule is CCOc1ccc(OCc2cc(CN)ccc2F)cc1. The van der Waals surface area contributed by atoms with Gasteiger partial charge in [0.15, 0.2) is 0 Å². The summed E-state index contributed by atoms with van der Waals surface area (Å²) in [6, 6.07) is 12.1. The van der Waals surface area contributed by atoms with Crippen molar-refractivity contribution < 1.29 is 13.9 Å². The molecule has 0 spiro atoms. The summed E-state index contributed by atoms with van der Waals surface area (Å²) >= 11 is 0. The van der Waals surface area contributed by atoms with E-state index in [2.05, 4.69) is 0 Å². The fraction of sp³-hybridized carbons (Fsp3) is 0.250. The van der Waals surface area contributed by atoms with Crippen molar-refractivity contribution in [3.8, 4) is 11.5 Å². The molecule has 0 saturated carbocycles. The van der Waals surface area contributed by atoms with Crippen molar-refractivity contribution in [1.29, 1.82) is 0 Å². The highest BCUT2D eigenvalue weighted by Crippen LogP contribution is 2.19. The summed E-state index contributed by atoms with van der Waals surface area (Å²) in [6.07, 6.45) is 0. The lowest BCUT2D eigenvalue weighted by molar-refractivity contribution is 0.298. The van der Waals surface area contributed by atoms with E-state index in [4.69, 9.17) is 15.2 Å². The maximum absolute atomic E-state index is 13.6. The average molecular weight is 275 g/mol. The Morgan fingerprint density at radius 2 is 1.65 bits per heavy atom. The van der Waals surface area contributed by atoms with Crippen LogP contribution in [0.3, 0.4) is 0 Å². The van der Waals surface area contributed by atoms with Gasteiger partial charge in [0.2, 0.25) is 0 Å². The van der Waals surface area contributed by atoms with E-state index in [1.165, 1.54) is 6.07 Å². The van der Waals surface area contributed by atoms with Crippen molar-refractivity contribution in [2.75, 3.05) is 6.61 Å². The molecule has 106 valence electrons. The Kier molecular flexibility index (Phi) is 4.96. The lowest BCUT2D eigenvalue weighted by atomic mass is 10.1. The van der Waals surface area contributed by atoms with Gasteiger partial charge in [0.25, 0.3) is 0 Å². The molecule has 0 heterocycles. The zero-order chi connectivity index (χ0) is 14.4. The Bertz CT molecular complexity index is 555. The number of nitrogens with two attached hydrogens (primary N) is 1. The van der Waals surface area contributed by atoms with E-state index in [1.807, 2.05) is 19.1 Å². The summed E-state index contributed by atoms with van der Waals surface area (Å²) in [5, 5.41) is 0. The molecule has 0 unspecified atom stereocenters. The minimum absolute atomic E-state index is 0.174. The fourth-order valence-corrected chi connectivity index (χ4v) is 1.83. The standard InChI is InChI=1S/C16H18FNO2/c1-2-19-14-4-6-15(7-5-14)20-11-13-9-12(10-18)3-8-16(13)17/h3-9H,2,10-11,18H2,1H3. The molecule has 2 aromatic carbocycles. The van der Waals surface area contributed by atoms with Crippen LogP contribution in [0, 0.1) is 5.82 Å². The number of rotatable bonds is 6.